The van der Waals surface area contributed by atoms with Crippen LogP contribution in [0.25, 0.3) is 0 Å². The molecule has 2 atom stereocenters. The second kappa shape index (κ2) is 7.40. The third-order valence-electron chi connectivity index (χ3n) is 4.53. The van der Waals surface area contributed by atoms with Gasteiger partial charge in [0, 0.05) is 32.3 Å². The Morgan fingerprint density at radius 2 is 1.88 bits per heavy atom. The predicted molar refractivity (Wildman–Crippen MR) is 93.4 cm³/mol. The van der Waals surface area contributed by atoms with E-state index in [-0.39, 0.29) is 18.7 Å². The van der Waals surface area contributed by atoms with Crippen molar-refractivity contribution in [2.24, 2.45) is 0 Å². The molecule has 26 heavy (non-hydrogen) atoms. The molecule has 0 radical (unpaired) electrons. The van der Waals surface area contributed by atoms with Crippen molar-refractivity contribution in [2.75, 3.05) is 20.7 Å². The highest BCUT2D eigenvalue weighted by atomic mass is 32.2. The van der Waals surface area contributed by atoms with Gasteiger partial charge in [-0.2, -0.15) is 5.06 Å². The van der Waals surface area contributed by atoms with Crippen molar-refractivity contribution in [3.63, 3.8) is 0 Å². The first-order valence-corrected chi connectivity index (χ1v) is 9.61. The Bertz CT molecular complexity index is 877. The third-order valence-corrected chi connectivity index (χ3v) is 6.69. The Kier molecular flexibility index (Phi) is 5.38. The Morgan fingerprint density at radius 1 is 1.19 bits per heavy atom. The van der Waals surface area contributed by atoms with Crippen LogP contribution in [0.2, 0.25) is 0 Å². The van der Waals surface area contributed by atoms with E-state index in [0.29, 0.717) is 0 Å². The minimum atomic E-state index is -3.79. The van der Waals surface area contributed by atoms with Crippen molar-refractivity contribution in [3.05, 3.63) is 71.3 Å². The van der Waals surface area contributed by atoms with Gasteiger partial charge in [-0.3, -0.25) is 4.84 Å². The van der Waals surface area contributed by atoms with Crippen LogP contribution in [0.15, 0.2) is 48.5 Å². The van der Waals surface area contributed by atoms with Crippen LogP contribution in [0.3, 0.4) is 0 Å². The predicted octanol–water partition coefficient (Wildman–Crippen LogP) is 2.71. The number of hydrogen-bond donors (Lipinski definition) is 0. The van der Waals surface area contributed by atoms with Crippen LogP contribution in [0.1, 0.15) is 17.2 Å². The summed E-state index contributed by atoms with van der Waals surface area (Å²) in [7, 11) is -0.761. The summed E-state index contributed by atoms with van der Waals surface area (Å²) in [5, 5.41) is 0.315. The first-order chi connectivity index (χ1) is 12.3. The van der Waals surface area contributed by atoms with E-state index in [2.05, 4.69) is 0 Å². The fraction of sp³-hybridized carbons (Fsp3) is 0.333. The van der Waals surface area contributed by atoms with Gasteiger partial charge >= 0.3 is 0 Å². The molecule has 5 nitrogen and oxygen atoms in total. The number of hydroxylamine groups is 2. The third kappa shape index (κ3) is 3.64. The summed E-state index contributed by atoms with van der Waals surface area (Å²) in [5.74, 6) is -1.51. The smallest absolute Gasteiger partial charge is 0.221 e. The molecule has 140 valence electrons. The van der Waals surface area contributed by atoms with E-state index in [4.69, 9.17) is 4.84 Å². The lowest BCUT2D eigenvalue weighted by molar-refractivity contribution is -0.111. The zero-order valence-electron chi connectivity index (χ0n) is 14.5. The standard InChI is InChI=1S/C18H20F2N2O3S/c1-21(11-13-6-4-3-5-7-13)26(23,24)17-12-25-22(2)18(17)15-9-8-14(19)10-16(15)20/h3-10,17-18H,11-12H2,1-2H3. The fourth-order valence-corrected chi connectivity index (χ4v) is 4.81. The number of nitrogens with zero attached hydrogens (tertiary/aromatic N) is 2. The van der Waals surface area contributed by atoms with Crippen LogP contribution in [0, 0.1) is 11.6 Å². The first kappa shape index (κ1) is 18.9. The summed E-state index contributed by atoms with van der Waals surface area (Å²) in [6, 6.07) is 11.4. The molecule has 0 aliphatic carbocycles. The van der Waals surface area contributed by atoms with Crippen LogP contribution in [0.4, 0.5) is 8.78 Å². The van der Waals surface area contributed by atoms with Crippen molar-refractivity contribution in [3.8, 4) is 0 Å². The van der Waals surface area contributed by atoms with Gasteiger partial charge in [-0.25, -0.2) is 21.5 Å². The van der Waals surface area contributed by atoms with Gasteiger partial charge < -0.3 is 0 Å². The minimum Gasteiger partial charge on any atom is -0.297 e. The molecule has 1 aliphatic heterocycles. The van der Waals surface area contributed by atoms with E-state index >= 15 is 0 Å². The molecule has 0 saturated carbocycles. The van der Waals surface area contributed by atoms with Gasteiger partial charge in [0.05, 0.1) is 12.6 Å². The van der Waals surface area contributed by atoms with Crippen molar-refractivity contribution in [1.82, 2.24) is 9.37 Å². The fourth-order valence-electron chi connectivity index (χ4n) is 3.14. The largest absolute Gasteiger partial charge is 0.297 e. The zero-order valence-corrected chi connectivity index (χ0v) is 15.3. The molecule has 0 amide bonds. The number of benzene rings is 2. The molecule has 2 aromatic rings. The maximum absolute atomic E-state index is 14.3. The molecule has 3 rings (SSSR count). The molecule has 2 aromatic carbocycles. The highest BCUT2D eigenvalue weighted by molar-refractivity contribution is 7.89. The quantitative estimate of drug-likeness (QED) is 0.798. The number of sulfonamides is 1. The highest BCUT2D eigenvalue weighted by Crippen LogP contribution is 2.36. The topological polar surface area (TPSA) is 49.9 Å². The molecule has 1 fully saturated rings. The van der Waals surface area contributed by atoms with Crippen molar-refractivity contribution < 1.29 is 22.0 Å². The number of rotatable bonds is 5. The Hall–Kier alpha value is -1.87. The molecule has 0 spiro atoms. The summed E-state index contributed by atoms with van der Waals surface area (Å²) in [6.45, 7) is 0.0987. The molecule has 2 unspecified atom stereocenters. The average Bonchev–Trinajstić information content (AvgIpc) is 2.98. The number of hydrogen-bond acceptors (Lipinski definition) is 4. The van der Waals surface area contributed by atoms with Crippen LogP contribution in [-0.4, -0.2) is 43.7 Å². The normalized spacial score (nSPS) is 21.4. The monoisotopic (exact) mass is 382 g/mol. The lowest BCUT2D eigenvalue weighted by Crippen LogP contribution is -2.40. The van der Waals surface area contributed by atoms with E-state index in [1.807, 2.05) is 30.3 Å². The molecular weight excluding hydrogens is 362 g/mol. The number of halogens is 2. The second-order valence-corrected chi connectivity index (χ2v) is 8.54. The van der Waals surface area contributed by atoms with Crippen molar-refractivity contribution in [2.45, 2.75) is 17.8 Å². The van der Waals surface area contributed by atoms with Crippen molar-refractivity contribution in [1.29, 1.82) is 0 Å². The van der Waals surface area contributed by atoms with E-state index in [1.165, 1.54) is 22.5 Å². The first-order valence-electron chi connectivity index (χ1n) is 8.10. The van der Waals surface area contributed by atoms with Crippen LogP contribution >= 0.6 is 0 Å². The van der Waals surface area contributed by atoms with Gasteiger partial charge in [0.1, 0.15) is 16.9 Å². The van der Waals surface area contributed by atoms with Gasteiger partial charge in [0.25, 0.3) is 0 Å². The molecule has 0 bridgehead atoms. The van der Waals surface area contributed by atoms with Crippen LogP contribution < -0.4 is 0 Å². The van der Waals surface area contributed by atoms with E-state index in [9.17, 15) is 17.2 Å². The van der Waals surface area contributed by atoms with E-state index < -0.39 is 32.9 Å². The summed E-state index contributed by atoms with van der Waals surface area (Å²) < 4.78 is 54.9. The molecule has 1 heterocycles. The summed E-state index contributed by atoms with van der Waals surface area (Å²) >= 11 is 0. The SMILES string of the molecule is CN1OCC(S(=O)(=O)N(C)Cc2ccccc2)C1c1ccc(F)cc1F. The maximum Gasteiger partial charge on any atom is 0.221 e. The molecule has 0 N–H and O–H groups in total. The van der Waals surface area contributed by atoms with E-state index in [1.54, 1.807) is 7.05 Å². The Balaban J connectivity index is 1.90. The molecule has 1 aliphatic rings. The second-order valence-electron chi connectivity index (χ2n) is 6.28. The van der Waals surface area contributed by atoms with Crippen LogP contribution in [-0.2, 0) is 21.4 Å². The van der Waals surface area contributed by atoms with Crippen molar-refractivity contribution >= 4 is 10.0 Å². The van der Waals surface area contributed by atoms with Gasteiger partial charge in [0.15, 0.2) is 0 Å². The lowest BCUT2D eigenvalue weighted by Gasteiger charge is -2.27. The van der Waals surface area contributed by atoms with Gasteiger partial charge in [0.2, 0.25) is 10.0 Å². The summed E-state index contributed by atoms with van der Waals surface area (Å²) in [4.78, 5) is 5.37. The molecule has 8 heteroatoms. The Morgan fingerprint density at radius 3 is 2.54 bits per heavy atom. The van der Waals surface area contributed by atoms with Crippen LogP contribution in [0.5, 0.6) is 0 Å². The molecular formula is C18H20F2N2O3S. The van der Waals surface area contributed by atoms with Gasteiger partial charge in [-0.1, -0.05) is 36.4 Å². The molecule has 0 aromatic heterocycles. The lowest BCUT2D eigenvalue weighted by atomic mass is 10.0. The average molecular weight is 382 g/mol. The molecule has 1 saturated heterocycles. The summed E-state index contributed by atoms with van der Waals surface area (Å²) in [6.07, 6.45) is 0. The van der Waals surface area contributed by atoms with Gasteiger partial charge in [-0.15, -0.1) is 0 Å². The van der Waals surface area contributed by atoms with Gasteiger partial charge in [-0.05, 0) is 11.6 Å². The summed E-state index contributed by atoms with van der Waals surface area (Å²) in [5.41, 5.74) is 0.934. The van der Waals surface area contributed by atoms with E-state index in [0.717, 1.165) is 17.7 Å². The highest BCUT2D eigenvalue weighted by Gasteiger charge is 2.45. The zero-order chi connectivity index (χ0) is 18.9. The minimum absolute atomic E-state index is 0.0908. The maximum atomic E-state index is 14.3. The Labute approximate surface area is 151 Å².